The molecule has 6 heteroatoms. The molecule has 0 saturated heterocycles. The molecule has 1 aromatic carbocycles. The quantitative estimate of drug-likeness (QED) is 0.921. The number of hydrogen-bond acceptors (Lipinski definition) is 4. The number of nitrogens with zero attached hydrogens (tertiary/aromatic N) is 2. The number of aromatic nitrogens is 1. The molecule has 2 rings (SSSR count). The van der Waals surface area contributed by atoms with E-state index in [1.807, 2.05) is 31.3 Å². The Kier molecular flexibility index (Phi) is 4.52. The zero-order valence-corrected chi connectivity index (χ0v) is 11.9. The average molecular weight is 297 g/mol. The molecular formula is C13H13ClN2O2S. The highest BCUT2D eigenvalue weighted by Gasteiger charge is 2.10. The first kappa shape index (κ1) is 14.0. The molecule has 0 atom stereocenters. The van der Waals surface area contributed by atoms with Crippen molar-refractivity contribution in [3.63, 3.8) is 0 Å². The van der Waals surface area contributed by atoms with E-state index in [2.05, 4.69) is 9.88 Å². The molecular weight excluding hydrogens is 284 g/mol. The lowest BCUT2D eigenvalue weighted by atomic mass is 10.2. The summed E-state index contributed by atoms with van der Waals surface area (Å²) in [6.45, 7) is 1.38. The summed E-state index contributed by atoms with van der Waals surface area (Å²) in [7, 11) is 1.97. The maximum absolute atomic E-state index is 10.7. The number of carbonyl (C=O) groups is 1. The minimum atomic E-state index is -0.975. The Balaban J connectivity index is 1.94. The van der Waals surface area contributed by atoms with E-state index in [9.17, 15) is 4.79 Å². The SMILES string of the molecule is CN(Cc1ccc(Cl)cc1)Cc1csc(C(=O)O)n1. The van der Waals surface area contributed by atoms with Gasteiger partial charge in [-0.1, -0.05) is 23.7 Å². The first-order valence-electron chi connectivity index (χ1n) is 5.65. The first-order chi connectivity index (χ1) is 9.04. The van der Waals surface area contributed by atoms with Crippen LogP contribution >= 0.6 is 22.9 Å². The number of benzene rings is 1. The molecule has 2 aromatic rings. The molecule has 0 radical (unpaired) electrons. The fourth-order valence-corrected chi connectivity index (χ4v) is 2.48. The van der Waals surface area contributed by atoms with Crippen molar-refractivity contribution in [1.82, 2.24) is 9.88 Å². The summed E-state index contributed by atoms with van der Waals surface area (Å²) < 4.78 is 0. The molecule has 0 spiro atoms. The fraction of sp³-hybridized carbons (Fsp3) is 0.231. The van der Waals surface area contributed by atoms with Crippen LogP contribution in [0.2, 0.25) is 5.02 Å². The lowest BCUT2D eigenvalue weighted by molar-refractivity contribution is 0.0696. The summed E-state index contributed by atoms with van der Waals surface area (Å²) in [6, 6.07) is 7.66. The zero-order chi connectivity index (χ0) is 13.8. The summed E-state index contributed by atoms with van der Waals surface area (Å²) in [5.74, 6) is -0.975. The maximum Gasteiger partial charge on any atom is 0.365 e. The minimum Gasteiger partial charge on any atom is -0.476 e. The van der Waals surface area contributed by atoms with E-state index in [0.717, 1.165) is 34.2 Å². The topological polar surface area (TPSA) is 53.4 Å². The highest BCUT2D eigenvalue weighted by molar-refractivity contribution is 7.11. The van der Waals surface area contributed by atoms with Crippen molar-refractivity contribution in [3.8, 4) is 0 Å². The average Bonchev–Trinajstić information content (AvgIpc) is 2.80. The van der Waals surface area contributed by atoms with Crippen LogP contribution < -0.4 is 0 Å². The molecule has 1 N–H and O–H groups in total. The second-order valence-corrected chi connectivity index (χ2v) is 5.54. The van der Waals surface area contributed by atoms with E-state index >= 15 is 0 Å². The van der Waals surface area contributed by atoms with Crippen molar-refractivity contribution in [2.24, 2.45) is 0 Å². The van der Waals surface area contributed by atoms with Gasteiger partial charge in [0.1, 0.15) is 0 Å². The number of hydrogen-bond donors (Lipinski definition) is 1. The molecule has 1 aromatic heterocycles. The van der Waals surface area contributed by atoms with Crippen molar-refractivity contribution in [3.05, 3.63) is 50.9 Å². The summed E-state index contributed by atoms with van der Waals surface area (Å²) in [5, 5.41) is 11.4. The van der Waals surface area contributed by atoms with Gasteiger partial charge in [-0.3, -0.25) is 4.90 Å². The molecule has 0 fully saturated rings. The van der Waals surface area contributed by atoms with Gasteiger partial charge in [-0.2, -0.15) is 0 Å². The van der Waals surface area contributed by atoms with Crippen molar-refractivity contribution in [2.45, 2.75) is 13.1 Å². The largest absolute Gasteiger partial charge is 0.476 e. The predicted molar refractivity (Wildman–Crippen MR) is 75.7 cm³/mol. The van der Waals surface area contributed by atoms with Gasteiger partial charge in [0.25, 0.3) is 0 Å². The maximum atomic E-state index is 10.7. The Labute approximate surface area is 120 Å². The van der Waals surface area contributed by atoms with Crippen LogP contribution in [-0.2, 0) is 13.1 Å². The number of rotatable bonds is 5. The van der Waals surface area contributed by atoms with Gasteiger partial charge in [0.05, 0.1) is 5.69 Å². The van der Waals surface area contributed by atoms with Gasteiger partial charge in [-0.25, -0.2) is 9.78 Å². The van der Waals surface area contributed by atoms with E-state index < -0.39 is 5.97 Å². The molecule has 19 heavy (non-hydrogen) atoms. The Hall–Kier alpha value is -1.43. The van der Waals surface area contributed by atoms with E-state index in [4.69, 9.17) is 16.7 Å². The highest BCUT2D eigenvalue weighted by atomic mass is 35.5. The molecule has 0 unspecified atom stereocenters. The smallest absolute Gasteiger partial charge is 0.365 e. The minimum absolute atomic E-state index is 0.134. The van der Waals surface area contributed by atoms with Crippen molar-refractivity contribution >= 4 is 28.9 Å². The molecule has 100 valence electrons. The number of thiazole rings is 1. The van der Waals surface area contributed by atoms with Crippen LogP contribution in [0.1, 0.15) is 21.1 Å². The number of carboxylic acid groups (broad SMARTS) is 1. The summed E-state index contributed by atoms with van der Waals surface area (Å²) in [6.07, 6.45) is 0. The molecule has 0 bridgehead atoms. The van der Waals surface area contributed by atoms with Gasteiger partial charge in [0, 0.05) is 23.5 Å². The summed E-state index contributed by atoms with van der Waals surface area (Å²) in [5.41, 5.74) is 1.93. The second-order valence-electron chi connectivity index (χ2n) is 4.25. The Bertz CT molecular complexity index is 568. The standard InChI is InChI=1S/C13H13ClN2O2S/c1-16(6-9-2-4-10(14)5-3-9)7-11-8-19-12(15-11)13(17)18/h2-5,8H,6-7H2,1H3,(H,17,18). The zero-order valence-electron chi connectivity index (χ0n) is 10.3. The summed E-state index contributed by atoms with van der Waals surface area (Å²) >= 11 is 6.99. The Morgan fingerprint density at radius 2 is 2.05 bits per heavy atom. The van der Waals surface area contributed by atoms with Gasteiger partial charge in [0.2, 0.25) is 5.01 Å². The van der Waals surface area contributed by atoms with Crippen LogP contribution in [0, 0.1) is 0 Å². The molecule has 0 aliphatic rings. The summed E-state index contributed by atoms with van der Waals surface area (Å²) in [4.78, 5) is 16.9. The van der Waals surface area contributed by atoms with Crippen LogP contribution in [0.3, 0.4) is 0 Å². The van der Waals surface area contributed by atoms with E-state index in [1.54, 1.807) is 5.38 Å². The second kappa shape index (κ2) is 6.14. The van der Waals surface area contributed by atoms with Gasteiger partial charge in [-0.15, -0.1) is 11.3 Å². The molecule has 1 heterocycles. The normalized spacial score (nSPS) is 10.9. The third-order valence-corrected chi connectivity index (χ3v) is 3.66. The van der Waals surface area contributed by atoms with E-state index in [0.29, 0.717) is 6.54 Å². The lowest BCUT2D eigenvalue weighted by Crippen LogP contribution is -2.17. The fourth-order valence-electron chi connectivity index (χ4n) is 1.71. The third kappa shape index (κ3) is 4.02. The van der Waals surface area contributed by atoms with Crippen LogP contribution in [-0.4, -0.2) is 28.0 Å². The molecule has 4 nitrogen and oxygen atoms in total. The predicted octanol–water partition coefficient (Wildman–Crippen LogP) is 3.13. The molecule has 0 saturated carbocycles. The van der Waals surface area contributed by atoms with Crippen LogP contribution in [0.15, 0.2) is 29.6 Å². The number of halogens is 1. The van der Waals surface area contributed by atoms with Crippen LogP contribution in [0.5, 0.6) is 0 Å². The number of carboxylic acids is 1. The Morgan fingerprint density at radius 3 is 2.63 bits per heavy atom. The van der Waals surface area contributed by atoms with E-state index in [-0.39, 0.29) is 5.01 Å². The van der Waals surface area contributed by atoms with Crippen molar-refractivity contribution in [2.75, 3.05) is 7.05 Å². The van der Waals surface area contributed by atoms with Gasteiger partial charge < -0.3 is 5.11 Å². The molecule has 0 amide bonds. The first-order valence-corrected chi connectivity index (χ1v) is 6.91. The monoisotopic (exact) mass is 296 g/mol. The van der Waals surface area contributed by atoms with Gasteiger partial charge in [-0.05, 0) is 24.7 Å². The van der Waals surface area contributed by atoms with E-state index in [1.165, 1.54) is 0 Å². The lowest BCUT2D eigenvalue weighted by Gasteiger charge is -2.15. The van der Waals surface area contributed by atoms with Crippen molar-refractivity contribution < 1.29 is 9.90 Å². The Morgan fingerprint density at radius 1 is 1.37 bits per heavy atom. The molecule has 0 aliphatic carbocycles. The van der Waals surface area contributed by atoms with Crippen LogP contribution in [0.4, 0.5) is 0 Å². The highest BCUT2D eigenvalue weighted by Crippen LogP contribution is 2.14. The van der Waals surface area contributed by atoms with Crippen LogP contribution in [0.25, 0.3) is 0 Å². The third-order valence-electron chi connectivity index (χ3n) is 2.53. The van der Waals surface area contributed by atoms with Gasteiger partial charge in [0.15, 0.2) is 0 Å². The van der Waals surface area contributed by atoms with Crippen molar-refractivity contribution in [1.29, 1.82) is 0 Å². The van der Waals surface area contributed by atoms with Gasteiger partial charge >= 0.3 is 5.97 Å². The molecule has 0 aliphatic heterocycles. The number of aromatic carboxylic acids is 1.